The molecule has 1 aromatic heterocycles. The van der Waals surface area contributed by atoms with Crippen LogP contribution in [0.3, 0.4) is 0 Å². The monoisotopic (exact) mass is 492 g/mol. The Morgan fingerprint density at radius 2 is 1.76 bits per heavy atom. The van der Waals surface area contributed by atoms with Crippen molar-refractivity contribution in [3.05, 3.63) is 84.3 Å². The predicted octanol–water partition coefficient (Wildman–Crippen LogP) is 4.35. The van der Waals surface area contributed by atoms with E-state index in [-0.39, 0.29) is 23.2 Å². The summed E-state index contributed by atoms with van der Waals surface area (Å²) in [6, 6.07) is 21.2. The Morgan fingerprint density at radius 1 is 1.00 bits per heavy atom. The van der Waals surface area contributed by atoms with E-state index < -0.39 is 10.0 Å². The fourth-order valence-electron chi connectivity index (χ4n) is 3.66. The lowest BCUT2D eigenvalue weighted by Gasteiger charge is -2.21. The van der Waals surface area contributed by atoms with Gasteiger partial charge in [-0.2, -0.15) is 4.98 Å². The van der Waals surface area contributed by atoms with Crippen LogP contribution in [0.25, 0.3) is 11.4 Å². The van der Waals surface area contributed by atoms with Crippen LogP contribution in [0.5, 0.6) is 0 Å². The summed E-state index contributed by atoms with van der Waals surface area (Å²) in [5.74, 6) is 0.446. The molecule has 1 aliphatic heterocycles. The molecule has 0 fully saturated rings. The zero-order valence-corrected chi connectivity index (χ0v) is 19.8. The fraction of sp³-hybridized carbons (Fsp3) is 0.125. The van der Waals surface area contributed by atoms with Gasteiger partial charge in [0.2, 0.25) is 21.7 Å². The van der Waals surface area contributed by atoms with E-state index in [0.29, 0.717) is 23.5 Å². The molecule has 0 saturated heterocycles. The van der Waals surface area contributed by atoms with Gasteiger partial charge in [-0.15, -0.1) is 0 Å². The summed E-state index contributed by atoms with van der Waals surface area (Å²) in [6.45, 7) is 2.35. The second-order valence-corrected chi connectivity index (χ2v) is 10.3. The van der Waals surface area contributed by atoms with Gasteiger partial charge in [0.05, 0.1) is 22.7 Å². The zero-order valence-electron chi connectivity index (χ0n) is 18.1. The number of hydrogen-bond acceptors (Lipinski definition) is 7. The molecule has 0 aliphatic carbocycles. The fourth-order valence-corrected chi connectivity index (χ4v) is 5.77. The van der Waals surface area contributed by atoms with E-state index in [1.807, 2.05) is 49.4 Å². The van der Waals surface area contributed by atoms with Crippen LogP contribution in [0.2, 0.25) is 0 Å². The van der Waals surface area contributed by atoms with Crippen LogP contribution in [0, 0.1) is 0 Å². The Kier molecular flexibility index (Phi) is 5.94. The highest BCUT2D eigenvalue weighted by molar-refractivity contribution is 7.99. The summed E-state index contributed by atoms with van der Waals surface area (Å²) in [7, 11) is -3.69. The first-order valence-corrected chi connectivity index (χ1v) is 12.9. The quantitative estimate of drug-likeness (QED) is 0.427. The van der Waals surface area contributed by atoms with Crippen molar-refractivity contribution in [1.82, 2.24) is 14.9 Å². The first-order valence-electron chi connectivity index (χ1n) is 10.6. The first kappa shape index (κ1) is 22.3. The molecule has 1 N–H and O–H groups in total. The van der Waals surface area contributed by atoms with E-state index in [9.17, 15) is 13.2 Å². The maximum Gasteiger partial charge on any atom is 0.259 e. The second-order valence-electron chi connectivity index (χ2n) is 7.48. The third-order valence-corrected chi connectivity index (χ3v) is 7.88. The number of rotatable bonds is 6. The SMILES string of the molecule is CCN1C(=O)c2ccccc2Sc2cc(-c3noc(CNS(=O)(=O)c4ccccc4)n3)ccc21. The van der Waals surface area contributed by atoms with Crippen LogP contribution in [-0.2, 0) is 16.6 Å². The maximum absolute atomic E-state index is 13.1. The highest BCUT2D eigenvalue weighted by Crippen LogP contribution is 2.42. The van der Waals surface area contributed by atoms with Crippen molar-refractivity contribution in [3.63, 3.8) is 0 Å². The molecular formula is C24H20N4O4S2. The molecule has 10 heteroatoms. The molecule has 0 saturated carbocycles. The summed E-state index contributed by atoms with van der Waals surface area (Å²) in [5, 5.41) is 4.02. The van der Waals surface area contributed by atoms with Crippen LogP contribution >= 0.6 is 11.8 Å². The van der Waals surface area contributed by atoms with Gasteiger partial charge >= 0.3 is 0 Å². The summed E-state index contributed by atoms with van der Waals surface area (Å²) < 4.78 is 32.6. The molecule has 0 bridgehead atoms. The van der Waals surface area contributed by atoms with Gasteiger partial charge < -0.3 is 9.42 Å². The number of benzene rings is 3. The molecule has 1 amide bonds. The molecule has 0 unspecified atom stereocenters. The smallest absolute Gasteiger partial charge is 0.259 e. The Labute approximate surface area is 201 Å². The maximum atomic E-state index is 13.1. The van der Waals surface area contributed by atoms with E-state index in [1.165, 1.54) is 23.9 Å². The third-order valence-electron chi connectivity index (χ3n) is 5.34. The van der Waals surface area contributed by atoms with Gasteiger partial charge in [-0.3, -0.25) is 4.79 Å². The number of aromatic nitrogens is 2. The Bertz CT molecular complexity index is 1470. The minimum atomic E-state index is -3.69. The van der Waals surface area contributed by atoms with Gasteiger partial charge in [-0.25, -0.2) is 13.1 Å². The third kappa shape index (κ3) is 4.23. The van der Waals surface area contributed by atoms with E-state index >= 15 is 0 Å². The van der Waals surface area contributed by atoms with E-state index in [1.54, 1.807) is 23.1 Å². The number of fused-ring (bicyclic) bond motifs is 2. The first-order chi connectivity index (χ1) is 16.5. The molecule has 4 aromatic rings. The molecule has 0 atom stereocenters. The van der Waals surface area contributed by atoms with Crippen molar-refractivity contribution in [1.29, 1.82) is 0 Å². The molecular weight excluding hydrogens is 472 g/mol. The lowest BCUT2D eigenvalue weighted by Crippen LogP contribution is -2.30. The Morgan fingerprint density at radius 3 is 2.56 bits per heavy atom. The average molecular weight is 493 g/mol. The molecule has 172 valence electrons. The molecule has 0 spiro atoms. The number of nitrogens with one attached hydrogen (secondary N) is 1. The summed E-state index contributed by atoms with van der Waals surface area (Å²) in [4.78, 5) is 21.1. The highest BCUT2D eigenvalue weighted by atomic mass is 32.2. The van der Waals surface area contributed by atoms with Crippen molar-refractivity contribution >= 4 is 33.4 Å². The van der Waals surface area contributed by atoms with Crippen molar-refractivity contribution in [2.45, 2.75) is 28.2 Å². The topological polar surface area (TPSA) is 105 Å². The molecule has 1 aliphatic rings. The largest absolute Gasteiger partial charge is 0.338 e. The van der Waals surface area contributed by atoms with Crippen LogP contribution in [0.4, 0.5) is 5.69 Å². The summed E-state index contributed by atoms with van der Waals surface area (Å²) >= 11 is 1.51. The minimum absolute atomic E-state index is 0.0374. The lowest BCUT2D eigenvalue weighted by molar-refractivity contribution is 0.0985. The van der Waals surface area contributed by atoms with Crippen LogP contribution in [0.15, 0.2) is 92.0 Å². The van der Waals surface area contributed by atoms with Crippen molar-refractivity contribution < 1.29 is 17.7 Å². The zero-order chi connectivity index (χ0) is 23.7. The number of hydrogen-bond donors (Lipinski definition) is 1. The lowest BCUT2D eigenvalue weighted by atomic mass is 10.1. The minimum Gasteiger partial charge on any atom is -0.338 e. The van der Waals surface area contributed by atoms with Crippen molar-refractivity contribution in [3.8, 4) is 11.4 Å². The van der Waals surface area contributed by atoms with Crippen molar-refractivity contribution in [2.24, 2.45) is 0 Å². The van der Waals surface area contributed by atoms with Gasteiger partial charge in [-0.05, 0) is 49.4 Å². The molecule has 34 heavy (non-hydrogen) atoms. The van der Waals surface area contributed by atoms with E-state index in [4.69, 9.17) is 4.52 Å². The number of nitrogens with zero attached hydrogens (tertiary/aromatic N) is 3. The van der Waals surface area contributed by atoms with Crippen LogP contribution < -0.4 is 9.62 Å². The molecule has 3 aromatic carbocycles. The van der Waals surface area contributed by atoms with Gasteiger partial charge in [-0.1, -0.05) is 47.3 Å². The standard InChI is InChI=1S/C24H20N4O4S2/c1-2-28-19-13-12-16(14-21(19)33-20-11-7-6-10-18(20)24(28)29)23-26-22(32-27-23)15-25-34(30,31)17-8-4-3-5-9-17/h3-14,25H,2,15H2,1H3. The van der Waals surface area contributed by atoms with Crippen LogP contribution in [0.1, 0.15) is 23.2 Å². The number of amides is 1. The summed E-state index contributed by atoms with van der Waals surface area (Å²) in [6.07, 6.45) is 0. The molecule has 5 rings (SSSR count). The number of carbonyl (C=O) groups excluding carboxylic acids is 1. The normalized spacial score (nSPS) is 13.3. The molecule has 8 nitrogen and oxygen atoms in total. The van der Waals surface area contributed by atoms with E-state index in [0.717, 1.165) is 15.5 Å². The Hall–Kier alpha value is -3.47. The average Bonchev–Trinajstić information content (AvgIpc) is 3.30. The number of sulfonamides is 1. The van der Waals surface area contributed by atoms with E-state index in [2.05, 4.69) is 14.9 Å². The predicted molar refractivity (Wildman–Crippen MR) is 128 cm³/mol. The molecule has 0 radical (unpaired) electrons. The van der Waals surface area contributed by atoms with Crippen molar-refractivity contribution in [2.75, 3.05) is 11.4 Å². The highest BCUT2D eigenvalue weighted by Gasteiger charge is 2.27. The number of anilines is 1. The Balaban J connectivity index is 1.41. The van der Waals surface area contributed by atoms with Gasteiger partial charge in [0.25, 0.3) is 5.91 Å². The van der Waals surface area contributed by atoms with Gasteiger partial charge in [0.1, 0.15) is 0 Å². The second kappa shape index (κ2) is 9.05. The van der Waals surface area contributed by atoms with Crippen LogP contribution in [-0.4, -0.2) is 31.0 Å². The summed E-state index contributed by atoms with van der Waals surface area (Å²) in [5.41, 5.74) is 2.19. The molecule has 2 heterocycles. The van der Waals surface area contributed by atoms with Gasteiger partial charge in [0, 0.05) is 21.9 Å². The van der Waals surface area contributed by atoms with Gasteiger partial charge in [0.15, 0.2) is 0 Å². The number of carbonyl (C=O) groups is 1.